The number of para-hydroxylation sites is 1. The molecule has 1 heterocycles. The van der Waals surface area contributed by atoms with Crippen LogP contribution < -0.4 is 4.90 Å². The van der Waals surface area contributed by atoms with Gasteiger partial charge in [-0.3, -0.25) is 9.59 Å². The Morgan fingerprint density at radius 1 is 1.05 bits per heavy atom. The van der Waals surface area contributed by atoms with Crippen LogP contribution in [0.5, 0.6) is 0 Å². The SMILES string of the molecule is O=C(C1CCCC1)N1CCN(c2ccccc2)C(=O)C1. The molecular formula is C16H20N2O2. The van der Waals surface area contributed by atoms with Crippen LogP contribution in [-0.2, 0) is 9.59 Å². The lowest BCUT2D eigenvalue weighted by Crippen LogP contribution is -2.53. The molecule has 1 aliphatic carbocycles. The molecule has 1 aromatic carbocycles. The van der Waals surface area contributed by atoms with Crippen LogP contribution in [0.4, 0.5) is 5.69 Å². The van der Waals surface area contributed by atoms with Crippen LogP contribution in [0.15, 0.2) is 30.3 Å². The zero-order chi connectivity index (χ0) is 13.9. The molecule has 1 aliphatic heterocycles. The van der Waals surface area contributed by atoms with Crippen LogP contribution in [0.1, 0.15) is 25.7 Å². The minimum Gasteiger partial charge on any atom is -0.331 e. The molecule has 0 spiro atoms. The van der Waals surface area contributed by atoms with Gasteiger partial charge in [0.15, 0.2) is 0 Å². The van der Waals surface area contributed by atoms with Gasteiger partial charge in [0.25, 0.3) is 0 Å². The lowest BCUT2D eigenvalue weighted by molar-refractivity contribution is -0.140. The first kappa shape index (κ1) is 13.2. The summed E-state index contributed by atoms with van der Waals surface area (Å²) < 4.78 is 0. The van der Waals surface area contributed by atoms with Crippen LogP contribution in [-0.4, -0.2) is 36.3 Å². The Labute approximate surface area is 119 Å². The van der Waals surface area contributed by atoms with E-state index >= 15 is 0 Å². The van der Waals surface area contributed by atoms with Gasteiger partial charge in [-0.25, -0.2) is 0 Å². The van der Waals surface area contributed by atoms with Crippen molar-refractivity contribution in [2.24, 2.45) is 5.92 Å². The second kappa shape index (κ2) is 5.65. The molecule has 3 rings (SSSR count). The van der Waals surface area contributed by atoms with Crippen LogP contribution in [0.3, 0.4) is 0 Å². The van der Waals surface area contributed by atoms with E-state index in [9.17, 15) is 9.59 Å². The normalized spacial score (nSPS) is 20.5. The molecule has 1 saturated carbocycles. The second-order valence-corrected chi connectivity index (χ2v) is 5.62. The molecule has 0 bridgehead atoms. The highest BCUT2D eigenvalue weighted by Crippen LogP contribution is 2.27. The Morgan fingerprint density at radius 3 is 2.40 bits per heavy atom. The van der Waals surface area contributed by atoms with Crippen molar-refractivity contribution in [3.63, 3.8) is 0 Å². The van der Waals surface area contributed by atoms with Crippen molar-refractivity contribution in [1.82, 2.24) is 4.90 Å². The van der Waals surface area contributed by atoms with Crippen LogP contribution in [0.2, 0.25) is 0 Å². The molecule has 0 atom stereocenters. The fourth-order valence-electron chi connectivity index (χ4n) is 3.17. The Morgan fingerprint density at radius 2 is 1.75 bits per heavy atom. The van der Waals surface area contributed by atoms with Crippen LogP contribution in [0, 0.1) is 5.92 Å². The van der Waals surface area contributed by atoms with E-state index in [0.29, 0.717) is 13.1 Å². The van der Waals surface area contributed by atoms with Gasteiger partial charge in [0.2, 0.25) is 11.8 Å². The van der Waals surface area contributed by atoms with E-state index < -0.39 is 0 Å². The number of nitrogens with zero attached hydrogens (tertiary/aromatic N) is 2. The van der Waals surface area contributed by atoms with Gasteiger partial charge in [-0.2, -0.15) is 0 Å². The molecule has 0 aromatic heterocycles. The standard InChI is InChI=1S/C16H20N2O2/c19-15-12-17(16(20)13-6-4-5-7-13)10-11-18(15)14-8-2-1-3-9-14/h1-3,8-9,13H,4-7,10-12H2. The highest BCUT2D eigenvalue weighted by molar-refractivity contribution is 5.98. The largest absolute Gasteiger partial charge is 0.331 e. The second-order valence-electron chi connectivity index (χ2n) is 5.62. The summed E-state index contributed by atoms with van der Waals surface area (Å²) in [6.45, 7) is 1.47. The van der Waals surface area contributed by atoms with Gasteiger partial charge in [0.1, 0.15) is 6.54 Å². The van der Waals surface area contributed by atoms with Crippen molar-refractivity contribution >= 4 is 17.5 Å². The molecular weight excluding hydrogens is 252 g/mol. The maximum atomic E-state index is 12.3. The lowest BCUT2D eigenvalue weighted by atomic mass is 10.1. The third-order valence-electron chi connectivity index (χ3n) is 4.30. The predicted octanol–water partition coefficient (Wildman–Crippen LogP) is 2.05. The molecule has 0 unspecified atom stereocenters. The Bertz CT molecular complexity index is 494. The molecule has 4 heteroatoms. The molecule has 20 heavy (non-hydrogen) atoms. The number of hydrogen-bond acceptors (Lipinski definition) is 2. The van der Waals surface area contributed by atoms with E-state index in [2.05, 4.69) is 0 Å². The molecule has 2 fully saturated rings. The van der Waals surface area contributed by atoms with Crippen LogP contribution >= 0.6 is 0 Å². The summed E-state index contributed by atoms with van der Waals surface area (Å²) in [5.74, 6) is 0.364. The summed E-state index contributed by atoms with van der Waals surface area (Å²) in [6.07, 6.45) is 4.28. The average Bonchev–Trinajstić information content (AvgIpc) is 3.01. The maximum Gasteiger partial charge on any atom is 0.246 e. The molecule has 2 aliphatic rings. The van der Waals surface area contributed by atoms with Gasteiger partial charge >= 0.3 is 0 Å². The highest BCUT2D eigenvalue weighted by atomic mass is 16.2. The number of carbonyl (C=O) groups is 2. The number of benzene rings is 1. The summed E-state index contributed by atoms with van der Waals surface area (Å²) in [5, 5.41) is 0. The monoisotopic (exact) mass is 272 g/mol. The van der Waals surface area contributed by atoms with Gasteiger partial charge in [0, 0.05) is 24.7 Å². The minimum absolute atomic E-state index is 0.0220. The minimum atomic E-state index is 0.0220. The molecule has 0 N–H and O–H groups in total. The molecule has 1 aromatic rings. The third kappa shape index (κ3) is 2.55. The molecule has 4 nitrogen and oxygen atoms in total. The van der Waals surface area contributed by atoms with Gasteiger partial charge in [-0.1, -0.05) is 31.0 Å². The summed E-state index contributed by atoms with van der Waals surface area (Å²) in [6, 6.07) is 9.67. The number of piperazine rings is 1. The average molecular weight is 272 g/mol. The molecule has 1 saturated heterocycles. The number of hydrogen-bond donors (Lipinski definition) is 0. The van der Waals surface area contributed by atoms with E-state index in [1.54, 1.807) is 9.80 Å². The van der Waals surface area contributed by atoms with E-state index in [-0.39, 0.29) is 24.3 Å². The van der Waals surface area contributed by atoms with E-state index in [4.69, 9.17) is 0 Å². The van der Waals surface area contributed by atoms with E-state index in [1.165, 1.54) is 0 Å². The molecule has 106 valence electrons. The predicted molar refractivity (Wildman–Crippen MR) is 77.3 cm³/mol. The zero-order valence-corrected chi connectivity index (χ0v) is 11.6. The smallest absolute Gasteiger partial charge is 0.246 e. The van der Waals surface area contributed by atoms with Crippen molar-refractivity contribution in [1.29, 1.82) is 0 Å². The zero-order valence-electron chi connectivity index (χ0n) is 11.6. The number of carbonyl (C=O) groups excluding carboxylic acids is 2. The van der Waals surface area contributed by atoms with Gasteiger partial charge in [-0.05, 0) is 25.0 Å². The Kier molecular flexibility index (Phi) is 3.72. The number of amides is 2. The number of rotatable bonds is 2. The topological polar surface area (TPSA) is 40.6 Å². The molecule has 0 radical (unpaired) electrons. The van der Waals surface area contributed by atoms with Gasteiger partial charge in [-0.15, -0.1) is 0 Å². The summed E-state index contributed by atoms with van der Waals surface area (Å²) in [5.41, 5.74) is 0.922. The number of anilines is 1. The van der Waals surface area contributed by atoms with Crippen LogP contribution in [0.25, 0.3) is 0 Å². The van der Waals surface area contributed by atoms with Crippen molar-refractivity contribution in [2.45, 2.75) is 25.7 Å². The first-order chi connectivity index (χ1) is 9.75. The molecule has 2 amide bonds. The fourth-order valence-corrected chi connectivity index (χ4v) is 3.17. The van der Waals surface area contributed by atoms with Gasteiger partial charge in [0.05, 0.1) is 0 Å². The van der Waals surface area contributed by atoms with Gasteiger partial charge < -0.3 is 9.80 Å². The maximum absolute atomic E-state index is 12.3. The quantitative estimate of drug-likeness (QED) is 0.826. The van der Waals surface area contributed by atoms with Crippen molar-refractivity contribution in [2.75, 3.05) is 24.5 Å². The van der Waals surface area contributed by atoms with E-state index in [1.807, 2.05) is 30.3 Å². The summed E-state index contributed by atoms with van der Waals surface area (Å²) in [7, 11) is 0. The third-order valence-corrected chi connectivity index (χ3v) is 4.30. The Balaban J connectivity index is 1.65. The summed E-state index contributed by atoms with van der Waals surface area (Å²) >= 11 is 0. The summed E-state index contributed by atoms with van der Waals surface area (Å²) in [4.78, 5) is 28.1. The Hall–Kier alpha value is -1.84. The first-order valence-electron chi connectivity index (χ1n) is 7.40. The van der Waals surface area contributed by atoms with Crippen molar-refractivity contribution < 1.29 is 9.59 Å². The highest BCUT2D eigenvalue weighted by Gasteiger charge is 2.32. The fraction of sp³-hybridized carbons (Fsp3) is 0.500. The first-order valence-corrected chi connectivity index (χ1v) is 7.40. The van der Waals surface area contributed by atoms with Crippen molar-refractivity contribution in [3.8, 4) is 0 Å². The van der Waals surface area contributed by atoms with E-state index in [0.717, 1.165) is 31.4 Å². The lowest BCUT2D eigenvalue weighted by Gasteiger charge is -2.35. The van der Waals surface area contributed by atoms with Crippen molar-refractivity contribution in [3.05, 3.63) is 30.3 Å².